The highest BCUT2D eigenvalue weighted by atomic mass is 31.2. The molecule has 0 radical (unpaired) electrons. The van der Waals surface area contributed by atoms with E-state index in [1.165, 1.54) is 43.4 Å². The van der Waals surface area contributed by atoms with Crippen LogP contribution in [0.5, 0.6) is 0 Å². The van der Waals surface area contributed by atoms with Crippen molar-refractivity contribution in [3.8, 4) is 0 Å². The van der Waals surface area contributed by atoms with Crippen molar-refractivity contribution < 1.29 is 0 Å². The van der Waals surface area contributed by atoms with Crippen LogP contribution in [0.4, 0.5) is 0 Å². The van der Waals surface area contributed by atoms with Crippen LogP contribution in [0.15, 0.2) is 0 Å². The Balaban J connectivity index is 1.77. The number of hydrogen-bond donors (Lipinski definition) is 0. The van der Waals surface area contributed by atoms with Crippen LogP contribution in [0.25, 0.3) is 0 Å². The maximum atomic E-state index is 2.46. The molecular weight excluding hydrogens is 374 g/mol. The van der Waals surface area contributed by atoms with Crippen molar-refractivity contribution >= 4 is 15.8 Å². The van der Waals surface area contributed by atoms with Gasteiger partial charge >= 0.3 is 0 Å². The van der Waals surface area contributed by atoms with Gasteiger partial charge in [0.05, 0.1) is 0 Å². The van der Waals surface area contributed by atoms with Gasteiger partial charge in [0, 0.05) is 0 Å². The van der Waals surface area contributed by atoms with Gasteiger partial charge in [-0.1, -0.05) is 100 Å². The quantitative estimate of drug-likeness (QED) is 0.306. The van der Waals surface area contributed by atoms with Crippen LogP contribution in [0.3, 0.4) is 0 Å². The smallest absolute Gasteiger partial charge is 0.0111 e. The van der Waals surface area contributed by atoms with E-state index >= 15 is 0 Å². The van der Waals surface area contributed by atoms with E-state index in [0.29, 0.717) is 7.92 Å². The lowest BCUT2D eigenvalue weighted by Gasteiger charge is -2.45. The molecule has 0 aromatic carbocycles. The van der Waals surface area contributed by atoms with Gasteiger partial charge in [-0.2, -0.15) is 0 Å². The summed E-state index contributed by atoms with van der Waals surface area (Å²) in [5.41, 5.74) is 4.61. The molecule has 0 nitrogen and oxygen atoms in total. The molecule has 0 amide bonds. The van der Waals surface area contributed by atoms with Crippen LogP contribution in [-0.4, -0.2) is 28.5 Å². The van der Waals surface area contributed by atoms with E-state index in [4.69, 9.17) is 0 Å². The van der Waals surface area contributed by atoms with Crippen molar-refractivity contribution in [3.05, 3.63) is 0 Å². The van der Waals surface area contributed by atoms with E-state index in [9.17, 15) is 0 Å². The lowest BCUT2D eigenvalue weighted by atomic mass is 9.99. The van der Waals surface area contributed by atoms with Crippen LogP contribution in [-0.2, 0) is 0 Å². The SMILES string of the molecule is CCCC(CCC)P(CP(C1CCCCC1)C1CCCCC1)C1CCCCC1. The molecule has 0 aliphatic heterocycles. The Morgan fingerprint density at radius 1 is 0.571 bits per heavy atom. The van der Waals surface area contributed by atoms with Gasteiger partial charge in [-0.05, 0) is 79.9 Å². The summed E-state index contributed by atoms with van der Waals surface area (Å²) in [4.78, 5) is 0. The zero-order chi connectivity index (χ0) is 19.6. The van der Waals surface area contributed by atoms with Crippen molar-refractivity contribution in [2.45, 2.75) is 158 Å². The van der Waals surface area contributed by atoms with Crippen LogP contribution in [0, 0.1) is 0 Å². The molecule has 0 saturated heterocycles. The summed E-state index contributed by atoms with van der Waals surface area (Å²) >= 11 is 0. The Labute approximate surface area is 180 Å². The predicted molar refractivity (Wildman–Crippen MR) is 133 cm³/mol. The third kappa shape index (κ3) is 6.94. The Morgan fingerprint density at radius 2 is 0.964 bits per heavy atom. The molecule has 0 spiro atoms. The standard InChI is InChI=1S/C26H50P2/c1-3-14-23(15-4-2)27(24-16-8-5-9-17-24)22-28(25-18-10-6-11-19-25)26-20-12-7-13-21-26/h23-26H,3-22H2,1-2H3. The second kappa shape index (κ2) is 13.3. The maximum Gasteiger partial charge on any atom is -0.0111 e. The summed E-state index contributed by atoms with van der Waals surface area (Å²) in [6.07, 6.45) is 29.6. The summed E-state index contributed by atoms with van der Waals surface area (Å²) in [7, 11) is 0.600. The van der Waals surface area contributed by atoms with Crippen molar-refractivity contribution in [1.29, 1.82) is 0 Å². The van der Waals surface area contributed by atoms with Crippen molar-refractivity contribution in [1.82, 2.24) is 0 Å². The molecule has 3 rings (SSSR count). The van der Waals surface area contributed by atoms with Gasteiger partial charge in [-0.3, -0.25) is 0 Å². The van der Waals surface area contributed by atoms with E-state index in [1.807, 2.05) is 0 Å². The first-order valence-electron chi connectivity index (χ1n) is 13.3. The largest absolute Gasteiger partial charge is 0.0959 e. The maximum absolute atomic E-state index is 2.46. The van der Waals surface area contributed by atoms with Gasteiger partial charge in [0.25, 0.3) is 0 Å². The molecule has 0 aromatic rings. The number of rotatable bonds is 10. The summed E-state index contributed by atoms with van der Waals surface area (Å²) in [6, 6.07) is 0. The minimum atomic E-state index is 0.286. The van der Waals surface area contributed by atoms with Crippen LogP contribution < -0.4 is 0 Å². The lowest BCUT2D eigenvalue weighted by molar-refractivity contribution is 0.484. The van der Waals surface area contributed by atoms with Crippen LogP contribution in [0.1, 0.15) is 136 Å². The van der Waals surface area contributed by atoms with Crippen molar-refractivity contribution in [2.75, 3.05) is 5.90 Å². The Kier molecular flexibility index (Phi) is 11.2. The molecule has 0 N–H and O–H groups in total. The molecule has 28 heavy (non-hydrogen) atoms. The Hall–Kier alpha value is 0.860. The fourth-order valence-electron chi connectivity index (χ4n) is 6.63. The summed E-state index contributed by atoms with van der Waals surface area (Å²) < 4.78 is 0. The third-order valence-corrected chi connectivity index (χ3v) is 16.6. The summed E-state index contributed by atoms with van der Waals surface area (Å²) in [6.45, 7) is 4.92. The normalized spacial score (nSPS) is 24.9. The molecule has 0 bridgehead atoms. The minimum absolute atomic E-state index is 0.286. The van der Waals surface area contributed by atoms with Gasteiger partial charge in [-0.15, -0.1) is 0 Å². The fraction of sp³-hybridized carbons (Fsp3) is 1.00. The Morgan fingerprint density at radius 3 is 1.36 bits per heavy atom. The average Bonchev–Trinajstić information content (AvgIpc) is 2.76. The fourth-order valence-corrected chi connectivity index (χ4v) is 17.3. The van der Waals surface area contributed by atoms with Crippen LogP contribution in [0.2, 0.25) is 0 Å². The van der Waals surface area contributed by atoms with E-state index < -0.39 is 0 Å². The molecule has 164 valence electrons. The first kappa shape index (κ1) is 23.5. The van der Waals surface area contributed by atoms with Crippen molar-refractivity contribution in [2.24, 2.45) is 0 Å². The van der Waals surface area contributed by atoms with E-state index in [-0.39, 0.29) is 7.92 Å². The zero-order valence-corrected chi connectivity index (χ0v) is 21.1. The zero-order valence-electron chi connectivity index (χ0n) is 19.3. The van der Waals surface area contributed by atoms with Gasteiger partial charge in [0.1, 0.15) is 0 Å². The van der Waals surface area contributed by atoms with Gasteiger partial charge in [-0.25, -0.2) is 0 Å². The molecule has 3 fully saturated rings. The van der Waals surface area contributed by atoms with Gasteiger partial charge < -0.3 is 0 Å². The van der Waals surface area contributed by atoms with Crippen molar-refractivity contribution in [3.63, 3.8) is 0 Å². The highest BCUT2D eigenvalue weighted by molar-refractivity contribution is 7.76. The molecule has 3 saturated carbocycles. The first-order chi connectivity index (χ1) is 13.8. The molecule has 3 aliphatic rings. The number of hydrogen-bond acceptors (Lipinski definition) is 0. The first-order valence-corrected chi connectivity index (χ1v) is 16.7. The molecule has 1 unspecified atom stereocenters. The molecular formula is C26H50P2. The molecule has 0 aromatic heterocycles. The Bertz CT molecular complexity index is 367. The second-order valence-corrected chi connectivity index (χ2v) is 16.4. The minimum Gasteiger partial charge on any atom is -0.0959 e. The third-order valence-electron chi connectivity index (χ3n) is 8.17. The average molecular weight is 425 g/mol. The monoisotopic (exact) mass is 424 g/mol. The molecule has 0 heterocycles. The molecule has 3 aliphatic carbocycles. The molecule has 2 heteroatoms. The second-order valence-electron chi connectivity index (χ2n) is 10.3. The van der Waals surface area contributed by atoms with E-state index in [2.05, 4.69) is 13.8 Å². The van der Waals surface area contributed by atoms with E-state index in [0.717, 1.165) is 11.3 Å². The highest BCUT2D eigenvalue weighted by Gasteiger charge is 2.37. The highest BCUT2D eigenvalue weighted by Crippen LogP contribution is 2.67. The van der Waals surface area contributed by atoms with Gasteiger partial charge in [0.15, 0.2) is 0 Å². The topological polar surface area (TPSA) is 0 Å². The summed E-state index contributed by atoms with van der Waals surface area (Å²) in [5.74, 6) is 1.76. The molecule has 1 atom stereocenters. The van der Waals surface area contributed by atoms with Gasteiger partial charge in [0.2, 0.25) is 0 Å². The predicted octanol–water partition coefficient (Wildman–Crippen LogP) is 9.87. The lowest BCUT2D eigenvalue weighted by Crippen LogP contribution is -2.25. The van der Waals surface area contributed by atoms with Crippen LogP contribution >= 0.6 is 15.8 Å². The van der Waals surface area contributed by atoms with E-state index in [1.54, 1.807) is 95.8 Å². The summed E-state index contributed by atoms with van der Waals surface area (Å²) in [5, 5.41) is 0.